The lowest BCUT2D eigenvalue weighted by Crippen LogP contribution is -2.23. The Balaban J connectivity index is 2.01. The van der Waals surface area contributed by atoms with Crippen molar-refractivity contribution in [2.75, 3.05) is 6.61 Å². The number of benzene rings is 1. The average molecular weight is 312 g/mol. The highest BCUT2D eigenvalue weighted by Gasteiger charge is 2.13. The Kier molecular flexibility index (Phi) is 5.24. The number of aryl methyl sites for hydroxylation is 1. The molecule has 0 saturated carbocycles. The molecule has 2 N–H and O–H groups in total. The maximum atomic E-state index is 12.1. The molecule has 1 heterocycles. The third kappa shape index (κ3) is 4.11. The van der Waals surface area contributed by atoms with Crippen molar-refractivity contribution in [2.45, 2.75) is 24.3 Å². The van der Waals surface area contributed by atoms with Gasteiger partial charge in [0.25, 0.3) is 0 Å². The molecule has 20 heavy (non-hydrogen) atoms. The molecular weight excluding hydrogens is 296 g/mol. The van der Waals surface area contributed by atoms with E-state index in [0.29, 0.717) is 6.42 Å². The van der Waals surface area contributed by atoms with Gasteiger partial charge in [0.2, 0.25) is 10.0 Å². The van der Waals surface area contributed by atoms with Crippen molar-refractivity contribution < 1.29 is 13.5 Å². The van der Waals surface area contributed by atoms with Crippen LogP contribution >= 0.6 is 11.3 Å². The van der Waals surface area contributed by atoms with E-state index >= 15 is 0 Å². The summed E-state index contributed by atoms with van der Waals surface area (Å²) in [5.41, 5.74) is 1.01. The van der Waals surface area contributed by atoms with Gasteiger partial charge in [-0.3, -0.25) is 0 Å². The summed E-state index contributed by atoms with van der Waals surface area (Å²) in [5, 5.41) is 11.3. The van der Waals surface area contributed by atoms with Gasteiger partial charge in [-0.05, 0) is 30.5 Å². The molecule has 2 rings (SSSR count). The van der Waals surface area contributed by atoms with Crippen molar-refractivity contribution in [1.82, 2.24) is 9.71 Å². The van der Waals surface area contributed by atoms with E-state index in [2.05, 4.69) is 9.71 Å². The number of hydrogen-bond donors (Lipinski definition) is 2. The first-order valence-corrected chi connectivity index (χ1v) is 8.56. The maximum Gasteiger partial charge on any atom is 0.240 e. The molecule has 0 spiro atoms. The number of aliphatic hydroxyl groups is 1. The second-order valence-electron chi connectivity index (χ2n) is 4.22. The fourth-order valence-corrected chi connectivity index (χ4v) is 3.33. The molecule has 5 nitrogen and oxygen atoms in total. The Morgan fingerprint density at radius 2 is 2.00 bits per heavy atom. The van der Waals surface area contributed by atoms with Gasteiger partial charge in [-0.25, -0.2) is 18.1 Å². The van der Waals surface area contributed by atoms with Crippen LogP contribution in [-0.4, -0.2) is 25.1 Å². The summed E-state index contributed by atoms with van der Waals surface area (Å²) in [6.07, 6.45) is 3.06. The minimum atomic E-state index is -3.51. The molecule has 2 aromatic rings. The molecule has 0 aliphatic carbocycles. The van der Waals surface area contributed by atoms with Crippen LogP contribution in [0.3, 0.4) is 0 Å². The van der Waals surface area contributed by atoms with Gasteiger partial charge in [-0.2, -0.15) is 0 Å². The van der Waals surface area contributed by atoms with E-state index in [1.165, 1.54) is 11.3 Å². The van der Waals surface area contributed by atoms with Crippen LogP contribution in [0.1, 0.15) is 17.0 Å². The third-order valence-corrected chi connectivity index (χ3v) is 4.95. The molecule has 1 aromatic carbocycles. The summed E-state index contributed by atoms with van der Waals surface area (Å²) in [5.74, 6) is 0. The number of hydrogen-bond acceptors (Lipinski definition) is 5. The van der Waals surface area contributed by atoms with Gasteiger partial charge in [0.1, 0.15) is 5.01 Å². The summed E-state index contributed by atoms with van der Waals surface area (Å²) in [6, 6.07) is 6.70. The van der Waals surface area contributed by atoms with Gasteiger partial charge in [0, 0.05) is 18.2 Å². The first-order valence-electron chi connectivity index (χ1n) is 6.19. The van der Waals surface area contributed by atoms with Gasteiger partial charge in [-0.15, -0.1) is 11.3 Å². The minimum Gasteiger partial charge on any atom is -0.396 e. The fourth-order valence-electron chi connectivity index (χ4n) is 1.70. The molecule has 0 unspecified atom stereocenters. The zero-order chi connectivity index (χ0) is 14.4. The lowest BCUT2D eigenvalue weighted by atomic mass is 10.1. The molecule has 108 valence electrons. The molecule has 0 fully saturated rings. The molecule has 0 aliphatic heterocycles. The number of aromatic nitrogens is 1. The van der Waals surface area contributed by atoms with Crippen molar-refractivity contribution in [1.29, 1.82) is 0 Å². The Hall–Kier alpha value is -1.28. The van der Waals surface area contributed by atoms with Crippen molar-refractivity contribution in [2.24, 2.45) is 0 Å². The first kappa shape index (κ1) is 15.1. The van der Waals surface area contributed by atoms with Gasteiger partial charge in [0.15, 0.2) is 0 Å². The molecule has 0 aliphatic rings. The highest BCUT2D eigenvalue weighted by atomic mass is 32.2. The normalized spacial score (nSPS) is 11.7. The topological polar surface area (TPSA) is 79.3 Å². The molecule has 0 amide bonds. The smallest absolute Gasteiger partial charge is 0.240 e. The standard InChI is InChI=1S/C13H16N2O3S2/c16-8-1-2-11-3-5-12(6-4-11)20(17,18)15-10-13-14-7-9-19-13/h3-7,9,15-16H,1-2,8,10H2. The largest absolute Gasteiger partial charge is 0.396 e. The highest BCUT2D eigenvalue weighted by Crippen LogP contribution is 2.13. The van der Waals surface area contributed by atoms with Crippen LogP contribution in [0, 0.1) is 0 Å². The molecule has 0 bridgehead atoms. The number of nitrogens with one attached hydrogen (secondary N) is 1. The van der Waals surface area contributed by atoms with Crippen LogP contribution in [-0.2, 0) is 23.0 Å². The predicted octanol–water partition coefficient (Wildman–Crippen LogP) is 1.55. The molecular formula is C13H16N2O3S2. The van der Waals surface area contributed by atoms with Crippen LogP contribution < -0.4 is 4.72 Å². The number of rotatable bonds is 7. The Bertz CT molecular complexity index is 622. The van der Waals surface area contributed by atoms with E-state index in [-0.39, 0.29) is 18.0 Å². The van der Waals surface area contributed by atoms with E-state index in [9.17, 15) is 8.42 Å². The van der Waals surface area contributed by atoms with Crippen molar-refractivity contribution in [3.8, 4) is 0 Å². The lowest BCUT2D eigenvalue weighted by molar-refractivity contribution is 0.288. The third-order valence-electron chi connectivity index (χ3n) is 2.75. The van der Waals surface area contributed by atoms with Crippen LogP contribution in [0.15, 0.2) is 40.7 Å². The quantitative estimate of drug-likeness (QED) is 0.813. The summed E-state index contributed by atoms with van der Waals surface area (Å²) in [7, 11) is -3.51. The molecule has 0 atom stereocenters. The van der Waals surface area contributed by atoms with Crippen LogP contribution in [0.2, 0.25) is 0 Å². The minimum absolute atomic E-state index is 0.134. The summed E-state index contributed by atoms with van der Waals surface area (Å²) in [6.45, 7) is 0.335. The average Bonchev–Trinajstić information content (AvgIpc) is 2.97. The van der Waals surface area contributed by atoms with Gasteiger partial charge in [-0.1, -0.05) is 12.1 Å². The Labute approximate surface area is 122 Å². The van der Waals surface area contributed by atoms with Crippen molar-refractivity contribution in [3.63, 3.8) is 0 Å². The van der Waals surface area contributed by atoms with Crippen LogP contribution in [0.25, 0.3) is 0 Å². The summed E-state index contributed by atoms with van der Waals surface area (Å²) < 4.78 is 26.7. The number of aliphatic hydroxyl groups excluding tert-OH is 1. The van der Waals surface area contributed by atoms with Crippen molar-refractivity contribution in [3.05, 3.63) is 46.4 Å². The molecule has 1 aromatic heterocycles. The summed E-state index contributed by atoms with van der Waals surface area (Å²) >= 11 is 1.41. The van der Waals surface area contributed by atoms with Crippen LogP contribution in [0.4, 0.5) is 0 Å². The Morgan fingerprint density at radius 3 is 2.60 bits per heavy atom. The predicted molar refractivity (Wildman–Crippen MR) is 78.0 cm³/mol. The lowest BCUT2D eigenvalue weighted by Gasteiger charge is -2.06. The van der Waals surface area contributed by atoms with E-state index in [1.807, 2.05) is 0 Å². The van der Waals surface area contributed by atoms with Crippen molar-refractivity contribution >= 4 is 21.4 Å². The molecule has 0 saturated heterocycles. The number of nitrogens with zero attached hydrogens (tertiary/aromatic N) is 1. The maximum absolute atomic E-state index is 12.1. The fraction of sp³-hybridized carbons (Fsp3) is 0.308. The Morgan fingerprint density at radius 1 is 1.25 bits per heavy atom. The van der Waals surface area contributed by atoms with E-state index in [4.69, 9.17) is 5.11 Å². The second kappa shape index (κ2) is 6.94. The summed E-state index contributed by atoms with van der Waals surface area (Å²) in [4.78, 5) is 4.27. The zero-order valence-corrected chi connectivity index (χ0v) is 12.5. The van der Waals surface area contributed by atoms with Gasteiger partial charge < -0.3 is 5.11 Å². The van der Waals surface area contributed by atoms with E-state index < -0.39 is 10.0 Å². The first-order chi connectivity index (χ1) is 9.62. The number of thiazole rings is 1. The molecule has 0 radical (unpaired) electrons. The monoisotopic (exact) mass is 312 g/mol. The van der Waals surface area contributed by atoms with Crippen LogP contribution in [0.5, 0.6) is 0 Å². The SMILES string of the molecule is O=S(=O)(NCc1nccs1)c1ccc(CCCO)cc1. The number of sulfonamides is 1. The second-order valence-corrected chi connectivity index (χ2v) is 6.97. The van der Waals surface area contributed by atoms with E-state index in [1.54, 1.807) is 35.8 Å². The van der Waals surface area contributed by atoms with E-state index in [0.717, 1.165) is 17.0 Å². The highest BCUT2D eigenvalue weighted by molar-refractivity contribution is 7.89. The van der Waals surface area contributed by atoms with Gasteiger partial charge >= 0.3 is 0 Å². The van der Waals surface area contributed by atoms with Gasteiger partial charge in [0.05, 0.1) is 11.4 Å². The molecule has 7 heteroatoms. The zero-order valence-electron chi connectivity index (χ0n) is 10.8.